The van der Waals surface area contributed by atoms with E-state index in [1.807, 2.05) is 35.2 Å². The number of benzene rings is 1. The maximum Gasteiger partial charge on any atom is 0.266 e. The van der Waals surface area contributed by atoms with E-state index in [9.17, 15) is 9.90 Å². The summed E-state index contributed by atoms with van der Waals surface area (Å²) in [4.78, 5) is 22.2. The van der Waals surface area contributed by atoms with E-state index in [-0.39, 0.29) is 25.0 Å². The van der Waals surface area contributed by atoms with Crippen LogP contribution in [0.4, 0.5) is 5.95 Å². The van der Waals surface area contributed by atoms with E-state index in [1.54, 1.807) is 4.90 Å². The van der Waals surface area contributed by atoms with Crippen LogP contribution < -0.4 is 4.90 Å². The molecule has 2 aliphatic heterocycles. The van der Waals surface area contributed by atoms with E-state index < -0.39 is 5.41 Å². The minimum absolute atomic E-state index is 0.0110. The minimum Gasteiger partial charge on any atom is -0.396 e. The first kappa shape index (κ1) is 17.7. The predicted octanol–water partition coefficient (Wildman–Crippen LogP) is -0.320. The van der Waals surface area contributed by atoms with Crippen LogP contribution in [0.25, 0.3) is 11.5 Å². The van der Waals surface area contributed by atoms with E-state index in [2.05, 4.69) is 25.6 Å². The molecule has 1 amide bonds. The van der Waals surface area contributed by atoms with Crippen LogP contribution in [-0.2, 0) is 11.3 Å². The second-order valence-corrected chi connectivity index (χ2v) is 7.60. The second kappa shape index (κ2) is 6.92. The summed E-state index contributed by atoms with van der Waals surface area (Å²) in [6.45, 7) is 2.29. The molecule has 2 fully saturated rings. The van der Waals surface area contributed by atoms with Gasteiger partial charge in [0.25, 0.3) is 11.8 Å². The van der Waals surface area contributed by atoms with Crippen LogP contribution in [0, 0.1) is 11.3 Å². The van der Waals surface area contributed by atoms with Gasteiger partial charge in [-0.15, -0.1) is 10.2 Å². The van der Waals surface area contributed by atoms with Crippen molar-refractivity contribution in [2.24, 2.45) is 11.3 Å². The molecule has 0 spiro atoms. The molecule has 29 heavy (non-hydrogen) atoms. The fourth-order valence-electron chi connectivity index (χ4n) is 4.27. The van der Waals surface area contributed by atoms with Gasteiger partial charge in [0.2, 0.25) is 5.91 Å². The van der Waals surface area contributed by atoms with Crippen LogP contribution in [-0.4, -0.2) is 79.0 Å². The molecule has 2 saturated heterocycles. The Balaban J connectivity index is 1.29. The van der Waals surface area contributed by atoms with Crippen molar-refractivity contribution in [2.75, 3.05) is 37.7 Å². The lowest BCUT2D eigenvalue weighted by molar-refractivity contribution is -0.131. The second-order valence-electron chi connectivity index (χ2n) is 7.60. The molecule has 0 radical (unpaired) electrons. The molecule has 11 nitrogen and oxygen atoms in total. The van der Waals surface area contributed by atoms with Crippen molar-refractivity contribution in [3.8, 4) is 11.5 Å². The Labute approximate surface area is 165 Å². The Hall–Kier alpha value is -3.34. The Bertz CT molecular complexity index is 992. The number of nitrogens with zero attached hydrogens (tertiary/aromatic N) is 8. The summed E-state index contributed by atoms with van der Waals surface area (Å²) >= 11 is 0. The zero-order valence-electron chi connectivity index (χ0n) is 15.6. The topological polar surface area (TPSA) is 126 Å². The highest BCUT2D eigenvalue weighted by Gasteiger charge is 2.54. The first-order valence-electron chi connectivity index (χ1n) is 9.40. The van der Waals surface area contributed by atoms with Gasteiger partial charge in [-0.05, 0) is 22.5 Å². The molecule has 0 saturated carbocycles. The smallest absolute Gasteiger partial charge is 0.266 e. The van der Waals surface area contributed by atoms with Crippen molar-refractivity contribution in [3.63, 3.8) is 0 Å². The zero-order chi connectivity index (χ0) is 19.8. The van der Waals surface area contributed by atoms with Crippen molar-refractivity contribution in [1.29, 1.82) is 0 Å². The molecule has 1 N–H and O–H groups in total. The standard InChI is InChI=1S/C18H20N8O3/c27-11-18-9-24(15(28)8-26-20-12-19-23-26)6-14(18)7-25(10-18)17-21-16(29-22-17)13-4-2-1-3-5-13/h1-5,12,14,27H,6-11H2. The van der Waals surface area contributed by atoms with Crippen LogP contribution in [0.15, 0.2) is 41.2 Å². The van der Waals surface area contributed by atoms with Gasteiger partial charge in [-0.25, -0.2) is 0 Å². The van der Waals surface area contributed by atoms with Crippen LogP contribution >= 0.6 is 0 Å². The molecule has 0 bridgehead atoms. The summed E-state index contributed by atoms with van der Waals surface area (Å²) in [5, 5.41) is 25.5. The molecule has 11 heteroatoms. The van der Waals surface area contributed by atoms with Gasteiger partial charge in [-0.2, -0.15) is 9.78 Å². The third-order valence-corrected chi connectivity index (χ3v) is 5.81. The molecule has 1 aromatic carbocycles. The van der Waals surface area contributed by atoms with Crippen LogP contribution in [0.5, 0.6) is 0 Å². The zero-order valence-corrected chi connectivity index (χ0v) is 15.6. The van der Waals surface area contributed by atoms with Crippen LogP contribution in [0.1, 0.15) is 0 Å². The van der Waals surface area contributed by atoms with Crippen LogP contribution in [0.3, 0.4) is 0 Å². The number of fused-ring (bicyclic) bond motifs is 1. The van der Waals surface area contributed by atoms with Crippen molar-refractivity contribution >= 4 is 11.9 Å². The van der Waals surface area contributed by atoms with E-state index in [0.717, 1.165) is 5.56 Å². The number of amides is 1. The van der Waals surface area contributed by atoms with Gasteiger partial charge in [-0.1, -0.05) is 18.2 Å². The summed E-state index contributed by atoms with van der Waals surface area (Å²) < 4.78 is 5.42. The van der Waals surface area contributed by atoms with Gasteiger partial charge >= 0.3 is 0 Å². The van der Waals surface area contributed by atoms with Gasteiger partial charge in [0, 0.05) is 43.1 Å². The third-order valence-electron chi connectivity index (χ3n) is 5.81. The first-order valence-corrected chi connectivity index (χ1v) is 9.40. The molecule has 2 unspecified atom stereocenters. The van der Waals surface area contributed by atoms with E-state index in [4.69, 9.17) is 4.52 Å². The molecular weight excluding hydrogens is 376 g/mol. The Morgan fingerprint density at radius 2 is 2.10 bits per heavy atom. The number of hydrogen-bond acceptors (Lipinski definition) is 9. The van der Waals surface area contributed by atoms with Crippen molar-refractivity contribution in [2.45, 2.75) is 6.54 Å². The van der Waals surface area contributed by atoms with Gasteiger partial charge in [-0.3, -0.25) is 4.79 Å². The van der Waals surface area contributed by atoms with E-state index in [0.29, 0.717) is 38.0 Å². The molecule has 0 aliphatic carbocycles. The Morgan fingerprint density at radius 3 is 2.83 bits per heavy atom. The van der Waals surface area contributed by atoms with Gasteiger partial charge in [0.05, 0.1) is 6.61 Å². The first-order chi connectivity index (χ1) is 14.2. The molecule has 3 aromatic rings. The summed E-state index contributed by atoms with van der Waals surface area (Å²) in [6.07, 6.45) is 1.30. The number of aromatic nitrogens is 6. The highest BCUT2D eigenvalue weighted by molar-refractivity contribution is 5.76. The molecular formula is C18H20N8O3. The number of hydrogen-bond donors (Lipinski definition) is 1. The summed E-state index contributed by atoms with van der Waals surface area (Å²) in [6, 6.07) is 9.60. The number of aliphatic hydroxyl groups is 1. The SMILES string of the molecule is O=C(Cn1ncnn1)N1CC2CN(c3noc(-c4ccccc4)n3)CC2(CO)C1. The molecule has 4 heterocycles. The fourth-order valence-corrected chi connectivity index (χ4v) is 4.27. The quantitative estimate of drug-likeness (QED) is 0.617. The Morgan fingerprint density at radius 1 is 1.24 bits per heavy atom. The van der Waals surface area contributed by atoms with Gasteiger partial charge < -0.3 is 19.4 Å². The lowest BCUT2D eigenvalue weighted by atomic mass is 9.82. The van der Waals surface area contributed by atoms with Crippen LogP contribution in [0.2, 0.25) is 0 Å². The number of aliphatic hydroxyl groups excluding tert-OH is 1. The highest BCUT2D eigenvalue weighted by Crippen LogP contribution is 2.43. The van der Waals surface area contributed by atoms with E-state index >= 15 is 0 Å². The maximum atomic E-state index is 12.6. The monoisotopic (exact) mass is 396 g/mol. The molecule has 2 aromatic heterocycles. The molecule has 150 valence electrons. The summed E-state index contributed by atoms with van der Waals surface area (Å²) in [5.41, 5.74) is 0.458. The average Bonchev–Trinajstić information content (AvgIpc) is 3.51. The molecule has 2 atom stereocenters. The van der Waals surface area contributed by atoms with E-state index in [1.165, 1.54) is 11.1 Å². The van der Waals surface area contributed by atoms with Crippen molar-refractivity contribution < 1.29 is 14.4 Å². The number of likely N-dealkylation sites (tertiary alicyclic amines) is 1. The number of rotatable bonds is 5. The number of tetrazole rings is 1. The Kier molecular flexibility index (Phi) is 4.23. The normalized spacial score (nSPS) is 23.6. The average molecular weight is 396 g/mol. The third kappa shape index (κ3) is 3.12. The van der Waals surface area contributed by atoms with Gasteiger partial charge in [0.1, 0.15) is 6.54 Å². The summed E-state index contributed by atoms with van der Waals surface area (Å²) in [7, 11) is 0. The highest BCUT2D eigenvalue weighted by atomic mass is 16.5. The minimum atomic E-state index is -0.404. The lowest BCUT2D eigenvalue weighted by Gasteiger charge is -2.26. The maximum absolute atomic E-state index is 12.6. The van der Waals surface area contributed by atoms with Crippen molar-refractivity contribution in [3.05, 3.63) is 36.7 Å². The molecule has 2 aliphatic rings. The lowest BCUT2D eigenvalue weighted by Crippen LogP contribution is -2.40. The predicted molar refractivity (Wildman–Crippen MR) is 99.4 cm³/mol. The molecule has 5 rings (SSSR count). The number of carbonyl (C=O) groups is 1. The number of anilines is 1. The van der Waals surface area contributed by atoms with Gasteiger partial charge in [0.15, 0.2) is 6.33 Å². The number of carbonyl (C=O) groups excluding carboxylic acids is 1. The fraction of sp³-hybridized carbons (Fsp3) is 0.444. The largest absolute Gasteiger partial charge is 0.396 e. The summed E-state index contributed by atoms with van der Waals surface area (Å²) in [5.74, 6) is 1.02. The van der Waals surface area contributed by atoms with Crippen molar-refractivity contribution in [1.82, 2.24) is 35.2 Å².